The minimum absolute atomic E-state index is 0.0679. The normalized spacial score (nSPS) is 34.4. The van der Waals surface area contributed by atoms with E-state index in [0.717, 1.165) is 29.0 Å². The molecule has 4 bridgehead atoms. The molecule has 4 saturated carbocycles. The molecular weight excluding hydrogens is 320 g/mol. The van der Waals surface area contributed by atoms with E-state index in [2.05, 4.69) is 10.5 Å². The number of nitrogens with one attached hydrogen (secondary N) is 1. The Balaban J connectivity index is 1.39. The van der Waals surface area contributed by atoms with Gasteiger partial charge in [-0.2, -0.15) is 5.10 Å². The summed E-state index contributed by atoms with van der Waals surface area (Å²) in [5.41, 5.74) is 4.77. The van der Waals surface area contributed by atoms with E-state index in [1.54, 1.807) is 0 Å². The first-order valence-corrected chi connectivity index (χ1v) is 9.48. The Kier molecular flexibility index (Phi) is 4.16. The molecule has 0 radical (unpaired) electrons. The van der Waals surface area contributed by atoms with Gasteiger partial charge in [-0.1, -0.05) is 23.7 Å². The van der Waals surface area contributed by atoms with E-state index < -0.39 is 0 Å². The lowest BCUT2D eigenvalue weighted by molar-refractivity contribution is -0.129. The van der Waals surface area contributed by atoms with Crippen molar-refractivity contribution in [3.63, 3.8) is 0 Å². The van der Waals surface area contributed by atoms with Crippen LogP contribution in [0.3, 0.4) is 0 Å². The number of carbonyl (C=O) groups excluding carboxylic acids is 1. The van der Waals surface area contributed by atoms with Crippen LogP contribution in [0.15, 0.2) is 29.4 Å². The highest BCUT2D eigenvalue weighted by Crippen LogP contribution is 2.61. The number of amides is 1. The van der Waals surface area contributed by atoms with Crippen LogP contribution in [0.2, 0.25) is 5.02 Å². The highest BCUT2D eigenvalue weighted by atomic mass is 35.5. The second kappa shape index (κ2) is 6.18. The predicted octanol–water partition coefficient (Wildman–Crippen LogP) is 4.79. The summed E-state index contributed by atoms with van der Waals surface area (Å²) in [6.07, 6.45) is 8.63. The van der Waals surface area contributed by atoms with Crippen LogP contribution in [-0.4, -0.2) is 11.6 Å². The molecule has 0 atom stereocenters. The van der Waals surface area contributed by atoms with Crippen molar-refractivity contribution in [1.29, 1.82) is 0 Å². The van der Waals surface area contributed by atoms with Crippen molar-refractivity contribution >= 4 is 23.2 Å². The van der Waals surface area contributed by atoms with Crippen molar-refractivity contribution in [2.24, 2.45) is 28.3 Å². The molecule has 0 aromatic heterocycles. The molecule has 0 heterocycles. The number of carbonyl (C=O) groups is 1. The molecule has 4 fully saturated rings. The number of hydrogen-bond donors (Lipinski definition) is 1. The summed E-state index contributed by atoms with van der Waals surface area (Å²) in [5.74, 6) is 2.69. The van der Waals surface area contributed by atoms with Gasteiger partial charge in [0.15, 0.2) is 0 Å². The van der Waals surface area contributed by atoms with Crippen molar-refractivity contribution in [3.05, 3.63) is 34.9 Å². The van der Waals surface area contributed by atoms with E-state index in [0.29, 0.717) is 11.4 Å². The predicted molar refractivity (Wildman–Crippen MR) is 97.0 cm³/mol. The van der Waals surface area contributed by atoms with Crippen LogP contribution in [0.25, 0.3) is 0 Å². The first-order chi connectivity index (χ1) is 11.5. The van der Waals surface area contributed by atoms with E-state index in [1.165, 1.54) is 38.5 Å². The molecule has 1 amide bonds. The number of hydrogen-bond acceptors (Lipinski definition) is 2. The Morgan fingerprint density at radius 2 is 1.83 bits per heavy atom. The molecule has 5 rings (SSSR count). The van der Waals surface area contributed by atoms with Crippen LogP contribution in [0.4, 0.5) is 0 Å². The van der Waals surface area contributed by atoms with E-state index in [4.69, 9.17) is 11.6 Å². The molecule has 0 unspecified atom stereocenters. The van der Waals surface area contributed by atoms with Crippen LogP contribution >= 0.6 is 11.6 Å². The fourth-order valence-electron chi connectivity index (χ4n) is 5.81. The smallest absolute Gasteiger partial charge is 0.240 e. The average molecular weight is 345 g/mol. The summed E-state index contributed by atoms with van der Waals surface area (Å²) in [6, 6.07) is 7.56. The van der Waals surface area contributed by atoms with E-state index in [1.807, 2.05) is 31.2 Å². The molecule has 1 aromatic rings. The number of rotatable bonds is 4. The summed E-state index contributed by atoms with van der Waals surface area (Å²) in [6.45, 7) is 1.90. The topological polar surface area (TPSA) is 41.5 Å². The molecule has 128 valence electrons. The minimum atomic E-state index is 0.0679. The quantitative estimate of drug-likeness (QED) is 0.619. The molecule has 3 nitrogen and oxygen atoms in total. The van der Waals surface area contributed by atoms with Crippen LogP contribution < -0.4 is 5.43 Å². The van der Waals surface area contributed by atoms with Crippen LogP contribution in [0, 0.1) is 23.2 Å². The lowest BCUT2D eigenvalue weighted by Gasteiger charge is -2.56. The van der Waals surface area contributed by atoms with Gasteiger partial charge in [0.25, 0.3) is 0 Å². The molecule has 4 aliphatic rings. The molecular formula is C20H25ClN2O. The third-order valence-electron chi connectivity index (χ3n) is 6.29. The number of hydrazone groups is 1. The number of halogens is 1. The lowest BCUT2D eigenvalue weighted by Crippen LogP contribution is -2.47. The fourth-order valence-corrected chi connectivity index (χ4v) is 6.00. The minimum Gasteiger partial charge on any atom is -0.273 e. The summed E-state index contributed by atoms with van der Waals surface area (Å²) in [7, 11) is 0. The molecule has 4 heteroatoms. The van der Waals surface area contributed by atoms with Crippen molar-refractivity contribution in [1.82, 2.24) is 5.43 Å². The summed E-state index contributed by atoms with van der Waals surface area (Å²) < 4.78 is 0. The summed E-state index contributed by atoms with van der Waals surface area (Å²) in [5, 5.41) is 4.97. The van der Waals surface area contributed by atoms with Gasteiger partial charge in [0.05, 0.1) is 5.71 Å². The second-order valence-corrected chi connectivity index (χ2v) is 8.77. The van der Waals surface area contributed by atoms with Crippen molar-refractivity contribution in [2.75, 3.05) is 0 Å². The molecule has 4 aliphatic carbocycles. The third kappa shape index (κ3) is 3.23. The Morgan fingerprint density at radius 3 is 2.42 bits per heavy atom. The van der Waals surface area contributed by atoms with Gasteiger partial charge < -0.3 is 0 Å². The first-order valence-electron chi connectivity index (χ1n) is 9.10. The van der Waals surface area contributed by atoms with Gasteiger partial charge in [-0.05, 0) is 86.3 Å². The van der Waals surface area contributed by atoms with Crippen LogP contribution in [0.1, 0.15) is 57.4 Å². The van der Waals surface area contributed by atoms with Gasteiger partial charge in [0, 0.05) is 11.4 Å². The number of benzene rings is 1. The van der Waals surface area contributed by atoms with Crippen LogP contribution in [-0.2, 0) is 4.79 Å². The zero-order chi connectivity index (χ0) is 16.7. The van der Waals surface area contributed by atoms with E-state index >= 15 is 0 Å². The molecule has 1 N–H and O–H groups in total. The third-order valence-corrected chi connectivity index (χ3v) is 6.53. The van der Waals surface area contributed by atoms with Gasteiger partial charge in [-0.15, -0.1) is 0 Å². The van der Waals surface area contributed by atoms with Gasteiger partial charge in [0.2, 0.25) is 5.91 Å². The standard InChI is InChI=1S/C20H25ClN2O/c1-13(17-3-2-4-18(21)8-17)22-23-19(24)12-20-9-14-5-15(10-20)7-16(6-14)11-20/h2-4,8,14-16H,5-7,9-12H2,1H3,(H,23,24)/b22-13-. The fraction of sp³-hybridized carbons (Fsp3) is 0.600. The zero-order valence-corrected chi connectivity index (χ0v) is 15.0. The van der Waals surface area contributed by atoms with Crippen molar-refractivity contribution in [2.45, 2.75) is 51.9 Å². The zero-order valence-electron chi connectivity index (χ0n) is 14.2. The van der Waals surface area contributed by atoms with Gasteiger partial charge >= 0.3 is 0 Å². The highest BCUT2D eigenvalue weighted by Gasteiger charge is 2.51. The molecule has 0 aliphatic heterocycles. The SMILES string of the molecule is C/C(=N/NC(=O)CC12CC3CC(CC(C3)C1)C2)c1cccc(Cl)c1. The summed E-state index contributed by atoms with van der Waals surface area (Å²) in [4.78, 5) is 12.5. The molecule has 0 spiro atoms. The summed E-state index contributed by atoms with van der Waals surface area (Å²) >= 11 is 6.01. The van der Waals surface area contributed by atoms with Gasteiger partial charge in [0.1, 0.15) is 0 Å². The van der Waals surface area contributed by atoms with Gasteiger partial charge in [-0.25, -0.2) is 5.43 Å². The maximum absolute atomic E-state index is 12.5. The first kappa shape index (κ1) is 16.1. The Hall–Kier alpha value is -1.35. The van der Waals surface area contributed by atoms with E-state index in [-0.39, 0.29) is 11.3 Å². The van der Waals surface area contributed by atoms with Crippen LogP contribution in [0.5, 0.6) is 0 Å². The maximum atomic E-state index is 12.5. The monoisotopic (exact) mass is 344 g/mol. The van der Waals surface area contributed by atoms with Gasteiger partial charge in [-0.3, -0.25) is 4.79 Å². The average Bonchev–Trinajstić information content (AvgIpc) is 2.50. The van der Waals surface area contributed by atoms with Crippen molar-refractivity contribution < 1.29 is 4.79 Å². The lowest BCUT2D eigenvalue weighted by atomic mass is 9.49. The maximum Gasteiger partial charge on any atom is 0.240 e. The number of nitrogens with zero attached hydrogens (tertiary/aromatic N) is 1. The Labute approximate surface area is 148 Å². The highest BCUT2D eigenvalue weighted by molar-refractivity contribution is 6.31. The molecule has 24 heavy (non-hydrogen) atoms. The van der Waals surface area contributed by atoms with E-state index in [9.17, 15) is 4.79 Å². The molecule has 1 aromatic carbocycles. The second-order valence-electron chi connectivity index (χ2n) is 8.34. The molecule has 0 saturated heterocycles. The Bertz CT molecular complexity index is 647. The Morgan fingerprint density at radius 1 is 1.21 bits per heavy atom. The largest absolute Gasteiger partial charge is 0.273 e. The van der Waals surface area contributed by atoms with Crippen molar-refractivity contribution in [3.8, 4) is 0 Å².